The van der Waals surface area contributed by atoms with Crippen LogP contribution in [0, 0.1) is 23.7 Å². The second-order valence-electron chi connectivity index (χ2n) is 8.42. The molecule has 2 bridgehead atoms. The van der Waals surface area contributed by atoms with Gasteiger partial charge < -0.3 is 14.9 Å². The first-order chi connectivity index (χ1) is 12.2. The van der Waals surface area contributed by atoms with Gasteiger partial charge in [-0.3, -0.25) is 4.79 Å². The Bertz CT molecular complexity index is 486. The summed E-state index contributed by atoms with van der Waals surface area (Å²) in [5.74, 6) is 0.437. The summed E-state index contributed by atoms with van der Waals surface area (Å²) in [4.78, 5) is 12.4. The maximum absolute atomic E-state index is 12.4. The predicted molar refractivity (Wildman–Crippen MR) is 112 cm³/mol. The van der Waals surface area contributed by atoms with Crippen LogP contribution in [0.1, 0.15) is 79.6 Å². The number of carbonyl (C=O) groups is 1. The normalized spacial score (nSPS) is 32.7. The van der Waals surface area contributed by atoms with Gasteiger partial charge in [0.1, 0.15) is 10.0 Å². The van der Waals surface area contributed by atoms with Crippen LogP contribution in [0.3, 0.4) is 0 Å². The quantitative estimate of drug-likeness (QED) is 0.290. The van der Waals surface area contributed by atoms with E-state index in [2.05, 4.69) is 22.6 Å². The van der Waals surface area contributed by atoms with Gasteiger partial charge in [-0.15, -0.1) is 0 Å². The van der Waals surface area contributed by atoms with Crippen LogP contribution < -0.4 is 0 Å². The summed E-state index contributed by atoms with van der Waals surface area (Å²) >= 11 is 2.15. The summed E-state index contributed by atoms with van der Waals surface area (Å²) in [6.07, 6.45) is 5.18. The number of rotatable bonds is 9. The van der Waals surface area contributed by atoms with Crippen molar-refractivity contribution < 1.29 is 19.7 Å². The van der Waals surface area contributed by atoms with E-state index >= 15 is 0 Å². The van der Waals surface area contributed by atoms with Gasteiger partial charge in [-0.25, -0.2) is 0 Å². The molecule has 0 amide bonds. The van der Waals surface area contributed by atoms with Gasteiger partial charge in [0, 0.05) is 5.92 Å². The molecule has 0 aromatic heterocycles. The SMILES string of the molecule is CCC(I)C(=O)OC1CC2CC1C(C(O)(CC)CC)C2C(O)(CC)CC. The van der Waals surface area contributed by atoms with Gasteiger partial charge in [0.2, 0.25) is 0 Å². The standard InChI is InChI=1S/C21H37IO4/c1-6-15(22)19(23)26-16-12-13-11-14(16)18(21(25,9-4)10-5)17(13)20(24,7-2)8-3/h13-18,24-25H,6-12H2,1-5H3. The molecular formula is C21H37IO4. The van der Waals surface area contributed by atoms with Crippen molar-refractivity contribution in [1.29, 1.82) is 0 Å². The molecule has 0 radical (unpaired) electrons. The lowest BCUT2D eigenvalue weighted by molar-refractivity contribution is -0.172. The molecule has 0 spiro atoms. The van der Waals surface area contributed by atoms with Gasteiger partial charge >= 0.3 is 5.97 Å². The smallest absolute Gasteiger partial charge is 0.319 e. The molecule has 6 atom stereocenters. The lowest BCUT2D eigenvalue weighted by Crippen LogP contribution is -2.55. The number of halogens is 1. The Labute approximate surface area is 172 Å². The summed E-state index contributed by atoms with van der Waals surface area (Å²) in [6, 6.07) is 0. The number of fused-ring (bicyclic) bond motifs is 2. The largest absolute Gasteiger partial charge is 0.461 e. The fourth-order valence-electron chi connectivity index (χ4n) is 5.78. The minimum atomic E-state index is -0.804. The van der Waals surface area contributed by atoms with Crippen molar-refractivity contribution in [3.05, 3.63) is 0 Å². The van der Waals surface area contributed by atoms with Gasteiger partial charge in [0.05, 0.1) is 11.2 Å². The average Bonchev–Trinajstić information content (AvgIpc) is 3.24. The zero-order chi connectivity index (χ0) is 19.7. The Kier molecular flexibility index (Phi) is 7.45. The van der Waals surface area contributed by atoms with Crippen LogP contribution >= 0.6 is 22.6 Å². The average molecular weight is 480 g/mol. The third-order valence-corrected chi connectivity index (χ3v) is 8.90. The van der Waals surface area contributed by atoms with E-state index < -0.39 is 11.2 Å². The number of alkyl halides is 1. The minimum Gasteiger partial charge on any atom is -0.461 e. The first kappa shape index (κ1) is 22.4. The first-order valence-corrected chi connectivity index (χ1v) is 11.7. The second-order valence-corrected chi connectivity index (χ2v) is 9.92. The monoisotopic (exact) mass is 480 g/mol. The number of esters is 1. The van der Waals surface area contributed by atoms with Gasteiger partial charge in [-0.2, -0.15) is 0 Å². The Hall–Kier alpha value is 0.120. The molecule has 152 valence electrons. The van der Waals surface area contributed by atoms with Gasteiger partial charge in [0.25, 0.3) is 0 Å². The van der Waals surface area contributed by atoms with Crippen molar-refractivity contribution in [3.8, 4) is 0 Å². The highest BCUT2D eigenvalue weighted by Gasteiger charge is 2.63. The molecule has 26 heavy (non-hydrogen) atoms. The molecule has 0 aliphatic heterocycles. The molecule has 0 heterocycles. The fourth-order valence-corrected chi connectivity index (χ4v) is 5.92. The molecule has 2 aliphatic rings. The van der Waals surface area contributed by atoms with Gasteiger partial charge in [-0.1, -0.05) is 57.2 Å². The molecule has 2 fully saturated rings. The van der Waals surface area contributed by atoms with E-state index in [1.165, 1.54) is 0 Å². The number of ether oxygens (including phenoxy) is 1. The maximum Gasteiger partial charge on any atom is 0.319 e. The third-order valence-electron chi connectivity index (χ3n) is 7.52. The molecule has 6 unspecified atom stereocenters. The summed E-state index contributed by atoms with van der Waals surface area (Å²) in [6.45, 7) is 10.1. The second kappa shape index (κ2) is 8.64. The molecular weight excluding hydrogens is 443 g/mol. The number of hydrogen-bond donors (Lipinski definition) is 2. The van der Waals surface area contributed by atoms with Crippen LogP contribution in [0.4, 0.5) is 0 Å². The van der Waals surface area contributed by atoms with Crippen molar-refractivity contribution >= 4 is 28.6 Å². The van der Waals surface area contributed by atoms with E-state index in [0.29, 0.717) is 31.6 Å². The molecule has 5 heteroatoms. The Morgan fingerprint density at radius 2 is 1.50 bits per heavy atom. The Morgan fingerprint density at radius 3 is 1.96 bits per heavy atom. The van der Waals surface area contributed by atoms with Crippen molar-refractivity contribution in [1.82, 2.24) is 0 Å². The highest BCUT2D eigenvalue weighted by molar-refractivity contribution is 14.1. The lowest BCUT2D eigenvalue weighted by atomic mass is 9.60. The lowest BCUT2D eigenvalue weighted by Gasteiger charge is -2.50. The third kappa shape index (κ3) is 3.82. The van der Waals surface area contributed by atoms with E-state index in [4.69, 9.17) is 4.74 Å². The van der Waals surface area contributed by atoms with Crippen molar-refractivity contribution in [2.45, 2.75) is 101 Å². The van der Waals surface area contributed by atoms with Crippen LogP contribution in [-0.2, 0) is 9.53 Å². The predicted octanol–water partition coefficient (Wildman–Crippen LogP) is 4.49. The van der Waals surface area contributed by atoms with Crippen molar-refractivity contribution in [2.24, 2.45) is 23.7 Å². The van der Waals surface area contributed by atoms with E-state index in [1.54, 1.807) is 0 Å². The fraction of sp³-hybridized carbons (Fsp3) is 0.952. The van der Waals surface area contributed by atoms with E-state index in [-0.39, 0.29) is 33.8 Å². The molecule has 2 N–H and O–H groups in total. The summed E-state index contributed by atoms with van der Waals surface area (Å²) in [5, 5.41) is 22.8. The molecule has 2 rings (SSSR count). The Morgan fingerprint density at radius 1 is 1.00 bits per heavy atom. The summed E-state index contributed by atoms with van der Waals surface area (Å²) in [5.41, 5.74) is -1.55. The van der Waals surface area contributed by atoms with Gasteiger partial charge in [0.15, 0.2) is 0 Å². The summed E-state index contributed by atoms with van der Waals surface area (Å²) < 4.78 is 5.79. The van der Waals surface area contributed by atoms with Gasteiger partial charge in [-0.05, 0) is 62.7 Å². The van der Waals surface area contributed by atoms with E-state index in [0.717, 1.165) is 19.3 Å². The molecule has 0 aromatic rings. The van der Waals surface area contributed by atoms with Crippen molar-refractivity contribution in [2.75, 3.05) is 0 Å². The molecule has 4 nitrogen and oxygen atoms in total. The zero-order valence-electron chi connectivity index (χ0n) is 17.0. The highest BCUT2D eigenvalue weighted by atomic mass is 127. The number of carbonyl (C=O) groups excluding carboxylic acids is 1. The van der Waals surface area contributed by atoms with E-state index in [9.17, 15) is 15.0 Å². The van der Waals surface area contributed by atoms with Crippen LogP contribution in [0.15, 0.2) is 0 Å². The number of aliphatic hydroxyl groups is 2. The minimum absolute atomic E-state index is 0.00626. The van der Waals surface area contributed by atoms with Crippen LogP contribution in [0.2, 0.25) is 0 Å². The number of hydrogen-bond acceptors (Lipinski definition) is 4. The zero-order valence-corrected chi connectivity index (χ0v) is 19.2. The van der Waals surface area contributed by atoms with Crippen LogP contribution in [0.5, 0.6) is 0 Å². The topological polar surface area (TPSA) is 66.8 Å². The van der Waals surface area contributed by atoms with Crippen LogP contribution in [0.25, 0.3) is 0 Å². The highest BCUT2D eigenvalue weighted by Crippen LogP contribution is 2.61. The molecule has 0 saturated heterocycles. The molecule has 0 aromatic carbocycles. The maximum atomic E-state index is 12.4. The van der Waals surface area contributed by atoms with E-state index in [1.807, 2.05) is 34.6 Å². The van der Waals surface area contributed by atoms with Crippen LogP contribution in [-0.4, -0.2) is 37.4 Å². The summed E-state index contributed by atoms with van der Waals surface area (Å²) in [7, 11) is 0. The molecule has 2 saturated carbocycles. The molecule has 2 aliphatic carbocycles. The van der Waals surface area contributed by atoms with Crippen molar-refractivity contribution in [3.63, 3.8) is 0 Å². The Balaban J connectivity index is 2.32. The first-order valence-electron chi connectivity index (χ1n) is 10.5.